The summed E-state index contributed by atoms with van der Waals surface area (Å²) in [6, 6.07) is 3.88. The molecule has 2 N–H and O–H groups in total. The van der Waals surface area contributed by atoms with E-state index < -0.39 is 0 Å². The Morgan fingerprint density at radius 1 is 0.800 bits per heavy atom. The number of amides is 2. The second kappa shape index (κ2) is 12.5. The summed E-state index contributed by atoms with van der Waals surface area (Å²) in [5.74, 6) is 1.78. The molecule has 0 aliphatic carbocycles. The van der Waals surface area contributed by atoms with Crippen LogP contribution in [-0.2, 0) is 49.4 Å². The van der Waals surface area contributed by atoms with Gasteiger partial charge in [0.2, 0.25) is 0 Å². The van der Waals surface area contributed by atoms with Crippen molar-refractivity contribution in [3.8, 4) is 0 Å². The van der Waals surface area contributed by atoms with E-state index in [1.54, 1.807) is 0 Å². The van der Waals surface area contributed by atoms with Gasteiger partial charge in [-0.3, -0.25) is 0 Å². The standard InChI is InChI=1S/C22H26N8O2SSe2/c1-29-7-3-15(13-29)11-17(31)23-21-27-25-19(34-21)5-9-33-10-6-20-26-28-22(35-20)24-18(32)12-16-4-8-30(2)14-16/h3-4,7-8,13-14H,5-6,9-12H2,1-2H3,(H,23,27,31)(H,24,28,32). The first kappa shape index (κ1) is 25.7. The summed E-state index contributed by atoms with van der Waals surface area (Å²) >= 11 is 1.80. The number of anilines is 2. The van der Waals surface area contributed by atoms with Crippen LogP contribution in [0.1, 0.15) is 20.3 Å². The van der Waals surface area contributed by atoms with Crippen molar-refractivity contribution in [2.75, 3.05) is 22.1 Å². The third kappa shape index (κ3) is 8.33. The van der Waals surface area contributed by atoms with Gasteiger partial charge in [-0.25, -0.2) is 0 Å². The van der Waals surface area contributed by atoms with Gasteiger partial charge in [-0.2, -0.15) is 0 Å². The van der Waals surface area contributed by atoms with Gasteiger partial charge in [0, 0.05) is 0 Å². The van der Waals surface area contributed by atoms with Crippen molar-refractivity contribution in [1.82, 2.24) is 29.5 Å². The molecule has 13 heteroatoms. The van der Waals surface area contributed by atoms with Crippen molar-refractivity contribution >= 4 is 62.0 Å². The first-order valence-electron chi connectivity index (χ1n) is 11.0. The average Bonchev–Trinajstić information content (AvgIpc) is 3.59. The van der Waals surface area contributed by atoms with E-state index in [9.17, 15) is 9.59 Å². The molecule has 0 atom stereocenters. The Balaban J connectivity index is 1.11. The summed E-state index contributed by atoms with van der Waals surface area (Å²) in [5.41, 5.74) is 1.96. The Labute approximate surface area is 219 Å². The van der Waals surface area contributed by atoms with Crippen molar-refractivity contribution in [3.63, 3.8) is 0 Å². The number of aryl methyl sites for hydroxylation is 4. The van der Waals surface area contributed by atoms with Crippen LogP contribution in [0, 0.1) is 0 Å². The average molecular weight is 624 g/mol. The molecular weight excluding hydrogens is 598 g/mol. The van der Waals surface area contributed by atoms with Crippen LogP contribution in [0.25, 0.3) is 0 Å². The molecule has 0 aromatic carbocycles. The molecule has 0 aliphatic rings. The molecule has 4 aromatic heterocycles. The second-order valence-electron chi connectivity index (χ2n) is 7.93. The molecule has 0 aliphatic heterocycles. The third-order valence-electron chi connectivity index (χ3n) is 4.86. The first-order chi connectivity index (χ1) is 16.9. The van der Waals surface area contributed by atoms with E-state index in [1.165, 1.54) is 0 Å². The van der Waals surface area contributed by atoms with Gasteiger partial charge in [-0.15, -0.1) is 0 Å². The maximum absolute atomic E-state index is 12.2. The van der Waals surface area contributed by atoms with Crippen molar-refractivity contribution in [2.24, 2.45) is 14.1 Å². The van der Waals surface area contributed by atoms with Gasteiger partial charge >= 0.3 is 220 Å². The van der Waals surface area contributed by atoms with Crippen LogP contribution in [-0.4, -0.2) is 81.9 Å². The molecule has 0 saturated carbocycles. The van der Waals surface area contributed by atoms with Gasteiger partial charge < -0.3 is 0 Å². The molecule has 4 aromatic rings. The van der Waals surface area contributed by atoms with Crippen LogP contribution in [0.15, 0.2) is 36.9 Å². The maximum atomic E-state index is 12.2. The Hall–Kier alpha value is -2.43. The summed E-state index contributed by atoms with van der Waals surface area (Å²) in [7, 11) is 3.87. The van der Waals surface area contributed by atoms with Gasteiger partial charge in [0.1, 0.15) is 0 Å². The topological polar surface area (TPSA) is 120 Å². The van der Waals surface area contributed by atoms with E-state index in [2.05, 4.69) is 31.0 Å². The second-order valence-corrected chi connectivity index (χ2v) is 13.6. The number of nitrogens with zero attached hydrogens (tertiary/aromatic N) is 6. The molecule has 0 bridgehead atoms. The molecule has 0 spiro atoms. The number of thioether (sulfide) groups is 1. The molecule has 0 fully saturated rings. The van der Waals surface area contributed by atoms with Crippen LogP contribution in [0.3, 0.4) is 0 Å². The molecule has 0 unspecified atom stereocenters. The van der Waals surface area contributed by atoms with Crippen molar-refractivity contribution in [2.45, 2.75) is 25.7 Å². The van der Waals surface area contributed by atoms with Gasteiger partial charge in [-0.05, 0) is 0 Å². The zero-order valence-electron chi connectivity index (χ0n) is 19.4. The zero-order valence-corrected chi connectivity index (χ0v) is 23.7. The number of rotatable bonds is 12. The molecule has 10 nitrogen and oxygen atoms in total. The van der Waals surface area contributed by atoms with E-state index in [-0.39, 0.29) is 40.8 Å². The quantitative estimate of drug-likeness (QED) is 0.178. The fourth-order valence-corrected chi connectivity index (χ4v) is 7.89. The predicted molar refractivity (Wildman–Crippen MR) is 138 cm³/mol. The fraction of sp³-hybridized carbons (Fsp3) is 0.364. The predicted octanol–water partition coefficient (Wildman–Crippen LogP) is 0.938. The first-order valence-corrected chi connectivity index (χ1v) is 15.5. The number of carbonyl (C=O) groups excluding carboxylic acids is 2. The minimum absolute atomic E-state index is 0.0216. The number of hydrogen-bond donors (Lipinski definition) is 2. The molecule has 184 valence electrons. The van der Waals surface area contributed by atoms with E-state index in [1.807, 2.05) is 71.9 Å². The SMILES string of the molecule is Cn1ccc(CC(=O)Nc2nnc(CCSCCc3nnc(NC(=O)Cc4ccn(C)c4)[se]3)[se]2)c1. The van der Waals surface area contributed by atoms with Gasteiger partial charge in [0.25, 0.3) is 0 Å². The summed E-state index contributed by atoms with van der Waals surface area (Å²) in [6.07, 6.45) is 10.1. The van der Waals surface area contributed by atoms with Gasteiger partial charge in [0.05, 0.1) is 0 Å². The number of nitrogens with one attached hydrogen (secondary N) is 2. The summed E-state index contributed by atoms with van der Waals surface area (Å²) < 4.78 is 7.32. The molecular formula is C22H26N8O2SSe2. The van der Waals surface area contributed by atoms with Crippen LogP contribution in [0.2, 0.25) is 0 Å². The van der Waals surface area contributed by atoms with E-state index in [0.29, 0.717) is 22.2 Å². The molecule has 4 heterocycles. The number of hydrogen-bond acceptors (Lipinski definition) is 7. The van der Waals surface area contributed by atoms with E-state index >= 15 is 0 Å². The molecule has 0 radical (unpaired) electrons. The summed E-state index contributed by atoms with van der Waals surface area (Å²) in [5, 5.41) is 22.6. The Kier molecular flexibility index (Phi) is 9.17. The van der Waals surface area contributed by atoms with E-state index in [0.717, 1.165) is 44.6 Å². The van der Waals surface area contributed by atoms with Crippen LogP contribution < -0.4 is 10.6 Å². The Morgan fingerprint density at radius 3 is 1.66 bits per heavy atom. The Morgan fingerprint density at radius 2 is 1.26 bits per heavy atom. The van der Waals surface area contributed by atoms with Crippen LogP contribution >= 0.6 is 11.8 Å². The van der Waals surface area contributed by atoms with Crippen LogP contribution in [0.5, 0.6) is 0 Å². The van der Waals surface area contributed by atoms with Gasteiger partial charge in [-0.1, -0.05) is 0 Å². The summed E-state index contributed by atoms with van der Waals surface area (Å²) in [6.45, 7) is 0. The van der Waals surface area contributed by atoms with Crippen molar-refractivity contribution in [3.05, 3.63) is 57.2 Å². The monoisotopic (exact) mass is 626 g/mol. The number of aromatic nitrogens is 6. The third-order valence-corrected chi connectivity index (χ3v) is 9.62. The molecule has 2 amide bonds. The van der Waals surface area contributed by atoms with Crippen molar-refractivity contribution < 1.29 is 9.59 Å². The van der Waals surface area contributed by atoms with E-state index in [4.69, 9.17) is 0 Å². The van der Waals surface area contributed by atoms with Gasteiger partial charge in [0.15, 0.2) is 0 Å². The normalized spacial score (nSPS) is 11.0. The molecule has 0 saturated heterocycles. The van der Waals surface area contributed by atoms with Crippen LogP contribution in [0.4, 0.5) is 9.38 Å². The Bertz CT molecular complexity index is 1180. The fourth-order valence-electron chi connectivity index (χ4n) is 3.26. The summed E-state index contributed by atoms with van der Waals surface area (Å²) in [4.78, 5) is 24.4. The van der Waals surface area contributed by atoms with Crippen molar-refractivity contribution in [1.29, 1.82) is 0 Å². The molecule has 4 rings (SSSR count). The minimum atomic E-state index is -0.0558. The molecule has 35 heavy (non-hydrogen) atoms. The zero-order chi connectivity index (χ0) is 24.6. The number of carbonyl (C=O) groups is 2.